The van der Waals surface area contributed by atoms with Crippen molar-refractivity contribution < 1.29 is 17.9 Å². The summed E-state index contributed by atoms with van der Waals surface area (Å²) in [5.41, 5.74) is -0.247. The van der Waals surface area contributed by atoms with Crippen molar-refractivity contribution >= 4 is 16.1 Å². The molecule has 0 radical (unpaired) electrons. The van der Waals surface area contributed by atoms with Gasteiger partial charge in [0, 0.05) is 45.3 Å². The Bertz CT molecular complexity index is 787. The lowest BCUT2D eigenvalue weighted by Crippen LogP contribution is -2.57. The fraction of sp³-hybridized carbons (Fsp3) is 0.667. The van der Waals surface area contributed by atoms with Crippen molar-refractivity contribution in [1.29, 1.82) is 0 Å². The topological polar surface area (TPSA) is 116 Å². The average Bonchev–Trinajstić information content (AvgIpc) is 2.61. The van der Waals surface area contributed by atoms with Crippen LogP contribution in [0.25, 0.3) is 0 Å². The zero-order valence-electron chi connectivity index (χ0n) is 14.8. The molecule has 2 fully saturated rings. The van der Waals surface area contributed by atoms with E-state index in [1.165, 1.54) is 25.6 Å². The van der Waals surface area contributed by atoms with Crippen LogP contribution in [-0.4, -0.2) is 89.5 Å². The SMILES string of the molecule is CC1CN(S(=O)(=O)N2CCN(C(=O)c3ccc(=O)[nH]n3)CC2)CC(C)O1. The maximum Gasteiger partial charge on any atom is 0.282 e. The van der Waals surface area contributed by atoms with Gasteiger partial charge in [0.25, 0.3) is 21.7 Å². The molecule has 1 aromatic rings. The van der Waals surface area contributed by atoms with E-state index in [2.05, 4.69) is 10.2 Å². The number of hydrogen-bond donors (Lipinski definition) is 1. The summed E-state index contributed by atoms with van der Waals surface area (Å²) in [5.74, 6) is -0.327. The Morgan fingerprint density at radius 2 is 1.73 bits per heavy atom. The first-order chi connectivity index (χ1) is 12.3. The van der Waals surface area contributed by atoms with Crippen LogP contribution in [0.4, 0.5) is 0 Å². The van der Waals surface area contributed by atoms with E-state index < -0.39 is 10.2 Å². The van der Waals surface area contributed by atoms with Crippen molar-refractivity contribution in [2.75, 3.05) is 39.3 Å². The third-order valence-corrected chi connectivity index (χ3v) is 6.43. The van der Waals surface area contributed by atoms with Gasteiger partial charge in [-0.3, -0.25) is 9.59 Å². The highest BCUT2D eigenvalue weighted by atomic mass is 32.2. The number of rotatable bonds is 3. The van der Waals surface area contributed by atoms with Crippen molar-refractivity contribution in [3.63, 3.8) is 0 Å². The van der Waals surface area contributed by atoms with Crippen LogP contribution in [-0.2, 0) is 14.9 Å². The molecule has 10 nitrogen and oxygen atoms in total. The molecule has 1 aromatic heterocycles. The van der Waals surface area contributed by atoms with Gasteiger partial charge in [0.05, 0.1) is 12.2 Å². The molecule has 3 heterocycles. The number of piperazine rings is 1. The number of amides is 1. The molecule has 0 saturated carbocycles. The van der Waals surface area contributed by atoms with Crippen LogP contribution >= 0.6 is 0 Å². The smallest absolute Gasteiger partial charge is 0.282 e. The average molecular weight is 385 g/mol. The summed E-state index contributed by atoms with van der Waals surface area (Å²) in [4.78, 5) is 25.0. The van der Waals surface area contributed by atoms with Crippen molar-refractivity contribution in [3.05, 3.63) is 28.2 Å². The Labute approximate surface area is 151 Å². The normalized spacial score (nSPS) is 26.0. The molecule has 0 aliphatic carbocycles. The molecule has 2 aliphatic rings. The van der Waals surface area contributed by atoms with Gasteiger partial charge in [-0.25, -0.2) is 5.10 Å². The van der Waals surface area contributed by atoms with Crippen LogP contribution in [0.15, 0.2) is 16.9 Å². The molecule has 26 heavy (non-hydrogen) atoms. The Morgan fingerprint density at radius 1 is 1.12 bits per heavy atom. The first kappa shape index (κ1) is 19.0. The molecule has 2 unspecified atom stereocenters. The van der Waals surface area contributed by atoms with Gasteiger partial charge in [0.15, 0.2) is 0 Å². The maximum absolute atomic E-state index is 12.9. The summed E-state index contributed by atoms with van der Waals surface area (Å²) in [7, 11) is -3.58. The standard InChI is InChI=1S/C15H23N5O5S/c1-11-9-20(10-12(2)25-11)26(23,24)19-7-5-18(6-8-19)15(22)13-3-4-14(21)17-16-13/h3-4,11-12H,5-10H2,1-2H3,(H,17,21). The maximum atomic E-state index is 12.9. The second-order valence-electron chi connectivity index (χ2n) is 6.58. The molecule has 0 bridgehead atoms. The van der Waals surface area contributed by atoms with Crippen molar-refractivity contribution in [1.82, 2.24) is 23.7 Å². The zero-order valence-corrected chi connectivity index (χ0v) is 15.6. The first-order valence-corrected chi connectivity index (χ1v) is 9.93. The van der Waals surface area contributed by atoms with E-state index in [9.17, 15) is 18.0 Å². The van der Waals surface area contributed by atoms with Crippen molar-refractivity contribution in [3.8, 4) is 0 Å². The number of hydrogen-bond acceptors (Lipinski definition) is 6. The molecule has 2 aliphatic heterocycles. The van der Waals surface area contributed by atoms with Crippen LogP contribution in [0.1, 0.15) is 24.3 Å². The lowest BCUT2D eigenvalue weighted by atomic mass is 10.3. The lowest BCUT2D eigenvalue weighted by Gasteiger charge is -2.40. The number of nitrogens with one attached hydrogen (secondary N) is 1. The molecule has 0 aromatic carbocycles. The highest BCUT2D eigenvalue weighted by Crippen LogP contribution is 2.19. The van der Waals surface area contributed by atoms with Gasteiger partial charge in [-0.15, -0.1) is 0 Å². The largest absolute Gasteiger partial charge is 0.373 e. The summed E-state index contributed by atoms with van der Waals surface area (Å²) >= 11 is 0. The number of H-pyrrole nitrogens is 1. The summed E-state index contributed by atoms with van der Waals surface area (Å²) in [6, 6.07) is 2.60. The van der Waals surface area contributed by atoms with Crippen molar-refractivity contribution in [2.45, 2.75) is 26.1 Å². The van der Waals surface area contributed by atoms with Gasteiger partial charge in [0.1, 0.15) is 5.69 Å². The number of carbonyl (C=O) groups is 1. The lowest BCUT2D eigenvalue weighted by molar-refractivity contribution is -0.0457. The molecule has 2 atom stereocenters. The number of morpholine rings is 1. The summed E-state index contributed by atoms with van der Waals surface area (Å²) < 4.78 is 34.2. The van der Waals surface area contributed by atoms with E-state index in [0.29, 0.717) is 13.1 Å². The van der Waals surface area contributed by atoms with Crippen LogP contribution in [0, 0.1) is 0 Å². The van der Waals surface area contributed by atoms with E-state index in [0.717, 1.165) is 0 Å². The summed E-state index contributed by atoms with van der Waals surface area (Å²) in [6.45, 7) is 5.34. The molecule has 1 amide bonds. The molecular weight excluding hydrogens is 362 g/mol. The van der Waals surface area contributed by atoms with E-state index >= 15 is 0 Å². The molecule has 1 N–H and O–H groups in total. The molecule has 11 heteroatoms. The van der Waals surface area contributed by atoms with Crippen LogP contribution in [0.3, 0.4) is 0 Å². The molecular formula is C15H23N5O5S. The van der Waals surface area contributed by atoms with E-state index in [1.807, 2.05) is 13.8 Å². The highest BCUT2D eigenvalue weighted by Gasteiger charge is 2.37. The fourth-order valence-electron chi connectivity index (χ4n) is 3.23. The van der Waals surface area contributed by atoms with Gasteiger partial charge in [0.2, 0.25) is 0 Å². The molecule has 144 valence electrons. The predicted octanol–water partition coefficient (Wildman–Crippen LogP) is -1.12. The van der Waals surface area contributed by atoms with Gasteiger partial charge in [-0.1, -0.05) is 0 Å². The second kappa shape index (κ2) is 7.43. The summed E-state index contributed by atoms with van der Waals surface area (Å²) in [6.07, 6.45) is -0.301. The molecule has 2 saturated heterocycles. The first-order valence-electron chi connectivity index (χ1n) is 8.53. The molecule has 3 rings (SSSR count). The van der Waals surface area contributed by atoms with Gasteiger partial charge < -0.3 is 9.64 Å². The number of ether oxygens (including phenoxy) is 1. The van der Waals surface area contributed by atoms with Crippen molar-refractivity contribution in [2.24, 2.45) is 0 Å². The Hall–Kier alpha value is -1.82. The van der Waals surface area contributed by atoms with E-state index in [4.69, 9.17) is 4.74 Å². The molecule has 0 spiro atoms. The minimum absolute atomic E-state index is 0.136. The zero-order chi connectivity index (χ0) is 18.9. The number of aromatic amines is 1. The number of aromatic nitrogens is 2. The number of carbonyl (C=O) groups excluding carboxylic acids is 1. The summed E-state index contributed by atoms with van der Waals surface area (Å²) in [5, 5.41) is 5.95. The third kappa shape index (κ3) is 3.95. The van der Waals surface area contributed by atoms with Crippen LogP contribution < -0.4 is 5.56 Å². The van der Waals surface area contributed by atoms with Gasteiger partial charge in [-0.05, 0) is 19.9 Å². The Kier molecular flexibility index (Phi) is 5.42. The monoisotopic (exact) mass is 385 g/mol. The fourth-order valence-corrected chi connectivity index (χ4v) is 4.98. The second-order valence-corrected chi connectivity index (χ2v) is 8.51. The Morgan fingerprint density at radius 3 is 2.27 bits per heavy atom. The van der Waals surface area contributed by atoms with Gasteiger partial charge >= 0.3 is 0 Å². The predicted molar refractivity (Wildman–Crippen MR) is 92.8 cm³/mol. The number of nitrogens with zero attached hydrogens (tertiary/aromatic N) is 4. The minimum Gasteiger partial charge on any atom is -0.373 e. The third-order valence-electron chi connectivity index (χ3n) is 4.46. The highest BCUT2D eigenvalue weighted by molar-refractivity contribution is 7.86. The van der Waals surface area contributed by atoms with E-state index in [-0.39, 0.29) is 55.5 Å². The van der Waals surface area contributed by atoms with Gasteiger partial charge in [-0.2, -0.15) is 22.1 Å². The minimum atomic E-state index is -3.58. The quantitative estimate of drug-likeness (QED) is 0.705. The van der Waals surface area contributed by atoms with Crippen LogP contribution in [0.5, 0.6) is 0 Å². The Balaban J connectivity index is 1.63. The van der Waals surface area contributed by atoms with Crippen LogP contribution in [0.2, 0.25) is 0 Å². The van der Waals surface area contributed by atoms with E-state index in [1.54, 1.807) is 0 Å².